The second-order valence-corrected chi connectivity index (χ2v) is 4.79. The molecular formula is C11H14BrN3. The number of hydrogen-bond acceptors (Lipinski definition) is 2. The Hall–Kier alpha value is -0.870. The minimum atomic E-state index is 0.977. The maximum absolute atomic E-state index is 4.42. The van der Waals surface area contributed by atoms with Crippen molar-refractivity contribution < 1.29 is 0 Å². The Morgan fingerprint density at radius 2 is 2.27 bits per heavy atom. The van der Waals surface area contributed by atoms with Crippen molar-refractivity contribution >= 4 is 27.0 Å². The Bertz CT molecular complexity index is 462. The van der Waals surface area contributed by atoms with Crippen LogP contribution in [0.4, 0.5) is 0 Å². The van der Waals surface area contributed by atoms with E-state index in [2.05, 4.69) is 62.8 Å². The highest BCUT2D eigenvalue weighted by molar-refractivity contribution is 9.10. The smallest absolute Gasteiger partial charge is 0.139 e. The third kappa shape index (κ3) is 2.38. The van der Waals surface area contributed by atoms with E-state index in [9.17, 15) is 0 Å². The van der Waals surface area contributed by atoms with Crippen molar-refractivity contribution in [2.24, 2.45) is 0 Å². The van der Waals surface area contributed by atoms with Gasteiger partial charge < -0.3 is 9.47 Å². The van der Waals surface area contributed by atoms with Gasteiger partial charge in [-0.3, -0.25) is 0 Å². The normalized spacial score (nSPS) is 11.5. The first-order valence-corrected chi connectivity index (χ1v) is 5.71. The lowest BCUT2D eigenvalue weighted by molar-refractivity contribution is 0.386. The summed E-state index contributed by atoms with van der Waals surface area (Å²) in [4.78, 5) is 6.59. The lowest BCUT2D eigenvalue weighted by Gasteiger charge is -2.10. The van der Waals surface area contributed by atoms with Gasteiger partial charge in [0.15, 0.2) is 0 Å². The summed E-state index contributed by atoms with van der Waals surface area (Å²) in [5.74, 6) is 0. The van der Waals surface area contributed by atoms with E-state index in [1.807, 2.05) is 6.20 Å². The molecule has 0 atom stereocenters. The number of aromatic nitrogens is 2. The van der Waals surface area contributed by atoms with Gasteiger partial charge in [-0.25, -0.2) is 4.98 Å². The maximum Gasteiger partial charge on any atom is 0.139 e. The summed E-state index contributed by atoms with van der Waals surface area (Å²) in [6, 6.07) is 4.19. The van der Waals surface area contributed by atoms with Gasteiger partial charge in [-0.2, -0.15) is 0 Å². The van der Waals surface area contributed by atoms with Gasteiger partial charge in [-0.15, -0.1) is 0 Å². The number of hydrogen-bond donors (Lipinski definition) is 0. The second-order valence-electron chi connectivity index (χ2n) is 3.88. The van der Waals surface area contributed by atoms with E-state index in [4.69, 9.17) is 0 Å². The Morgan fingerprint density at radius 3 is 3.00 bits per heavy atom. The molecule has 0 saturated carbocycles. The molecule has 0 aliphatic carbocycles. The third-order valence-corrected chi connectivity index (χ3v) is 2.79. The van der Waals surface area contributed by atoms with E-state index >= 15 is 0 Å². The number of likely N-dealkylation sites (N-methyl/N-ethyl adjacent to an activating group) is 1. The average molecular weight is 268 g/mol. The van der Waals surface area contributed by atoms with E-state index in [1.165, 1.54) is 5.39 Å². The van der Waals surface area contributed by atoms with Gasteiger partial charge in [0, 0.05) is 35.3 Å². The molecule has 80 valence electrons. The fourth-order valence-electron chi connectivity index (χ4n) is 1.54. The van der Waals surface area contributed by atoms with Crippen molar-refractivity contribution in [1.29, 1.82) is 0 Å². The first kappa shape index (κ1) is 10.6. The van der Waals surface area contributed by atoms with Crippen LogP contribution in [-0.2, 0) is 6.54 Å². The fourth-order valence-corrected chi connectivity index (χ4v) is 1.89. The van der Waals surface area contributed by atoms with Gasteiger partial charge in [0.05, 0.1) is 0 Å². The molecule has 0 N–H and O–H groups in total. The summed E-state index contributed by atoms with van der Waals surface area (Å²) < 4.78 is 3.21. The van der Waals surface area contributed by atoms with Crippen molar-refractivity contribution in [2.75, 3.05) is 20.6 Å². The van der Waals surface area contributed by atoms with Gasteiger partial charge in [0.1, 0.15) is 5.65 Å². The molecule has 2 heterocycles. The molecule has 0 aliphatic heterocycles. The first-order chi connectivity index (χ1) is 7.16. The van der Waals surface area contributed by atoms with E-state index in [-0.39, 0.29) is 0 Å². The summed E-state index contributed by atoms with van der Waals surface area (Å²) >= 11 is 3.42. The molecule has 15 heavy (non-hydrogen) atoms. The zero-order valence-electron chi connectivity index (χ0n) is 8.94. The van der Waals surface area contributed by atoms with Gasteiger partial charge in [0.25, 0.3) is 0 Å². The summed E-state index contributed by atoms with van der Waals surface area (Å²) in [5.41, 5.74) is 1.06. The van der Waals surface area contributed by atoms with Crippen LogP contribution in [0.2, 0.25) is 0 Å². The lowest BCUT2D eigenvalue weighted by Crippen LogP contribution is -2.18. The summed E-state index contributed by atoms with van der Waals surface area (Å²) in [7, 11) is 4.16. The number of fused-ring (bicyclic) bond motifs is 1. The number of halogens is 1. The lowest BCUT2D eigenvalue weighted by atomic mass is 10.3. The quantitative estimate of drug-likeness (QED) is 0.852. The van der Waals surface area contributed by atoms with Crippen LogP contribution in [-0.4, -0.2) is 35.1 Å². The fraction of sp³-hybridized carbons (Fsp3) is 0.364. The van der Waals surface area contributed by atoms with Crippen molar-refractivity contribution in [1.82, 2.24) is 14.5 Å². The van der Waals surface area contributed by atoms with Crippen LogP contribution in [0.15, 0.2) is 29.0 Å². The van der Waals surface area contributed by atoms with Crippen LogP contribution in [0.3, 0.4) is 0 Å². The van der Waals surface area contributed by atoms with E-state index in [0.717, 1.165) is 23.2 Å². The highest BCUT2D eigenvalue weighted by Crippen LogP contribution is 2.18. The number of nitrogens with zero attached hydrogens (tertiary/aromatic N) is 3. The van der Waals surface area contributed by atoms with Crippen molar-refractivity contribution in [3.8, 4) is 0 Å². The Labute approximate surface area is 97.8 Å². The molecule has 0 saturated heterocycles. The van der Waals surface area contributed by atoms with Gasteiger partial charge in [-0.1, -0.05) is 0 Å². The first-order valence-electron chi connectivity index (χ1n) is 4.92. The summed E-state index contributed by atoms with van der Waals surface area (Å²) in [6.07, 6.45) is 3.93. The van der Waals surface area contributed by atoms with Crippen LogP contribution >= 0.6 is 15.9 Å². The predicted octanol–water partition coefficient (Wildman–Crippen LogP) is 2.36. The van der Waals surface area contributed by atoms with Crippen molar-refractivity contribution in [2.45, 2.75) is 6.54 Å². The molecule has 4 heteroatoms. The molecule has 0 unspecified atom stereocenters. The minimum Gasteiger partial charge on any atom is -0.331 e. The summed E-state index contributed by atoms with van der Waals surface area (Å²) in [5, 5.41) is 1.18. The van der Waals surface area contributed by atoms with Crippen LogP contribution in [0.5, 0.6) is 0 Å². The Balaban J connectivity index is 2.29. The highest BCUT2D eigenvalue weighted by Gasteiger charge is 2.02. The molecule has 2 aromatic rings. The molecule has 0 radical (unpaired) electrons. The predicted molar refractivity (Wildman–Crippen MR) is 66.0 cm³/mol. The average Bonchev–Trinajstić information content (AvgIpc) is 2.57. The standard InChI is InChI=1S/C11H14BrN3/c1-14(2)5-6-15-4-3-9-7-10(12)8-13-11(9)15/h3-4,7-8H,5-6H2,1-2H3. The molecule has 0 aromatic carbocycles. The maximum atomic E-state index is 4.42. The topological polar surface area (TPSA) is 21.1 Å². The van der Waals surface area contributed by atoms with Crippen LogP contribution in [0.25, 0.3) is 11.0 Å². The van der Waals surface area contributed by atoms with Crippen LogP contribution < -0.4 is 0 Å². The van der Waals surface area contributed by atoms with Crippen LogP contribution in [0.1, 0.15) is 0 Å². The zero-order valence-corrected chi connectivity index (χ0v) is 10.5. The molecule has 2 aromatic heterocycles. The molecule has 2 rings (SSSR count). The third-order valence-electron chi connectivity index (χ3n) is 2.36. The van der Waals surface area contributed by atoms with Crippen molar-refractivity contribution in [3.63, 3.8) is 0 Å². The monoisotopic (exact) mass is 267 g/mol. The zero-order chi connectivity index (χ0) is 10.8. The number of pyridine rings is 1. The van der Waals surface area contributed by atoms with Gasteiger partial charge in [0.2, 0.25) is 0 Å². The molecule has 0 spiro atoms. The van der Waals surface area contributed by atoms with Gasteiger partial charge >= 0.3 is 0 Å². The molecule has 0 aliphatic rings. The van der Waals surface area contributed by atoms with E-state index < -0.39 is 0 Å². The van der Waals surface area contributed by atoms with Crippen molar-refractivity contribution in [3.05, 3.63) is 29.0 Å². The Morgan fingerprint density at radius 1 is 1.47 bits per heavy atom. The summed E-state index contributed by atoms with van der Waals surface area (Å²) in [6.45, 7) is 2.01. The molecular weight excluding hydrogens is 254 g/mol. The molecule has 0 bridgehead atoms. The Kier molecular flexibility index (Phi) is 3.07. The minimum absolute atomic E-state index is 0.977. The van der Waals surface area contributed by atoms with Gasteiger partial charge in [-0.05, 0) is 42.2 Å². The number of rotatable bonds is 3. The molecule has 3 nitrogen and oxygen atoms in total. The highest BCUT2D eigenvalue weighted by atomic mass is 79.9. The van der Waals surface area contributed by atoms with Crippen LogP contribution in [0, 0.1) is 0 Å². The van der Waals surface area contributed by atoms with E-state index in [1.54, 1.807) is 0 Å². The SMILES string of the molecule is CN(C)CCn1ccc2cc(Br)cnc21. The molecule has 0 amide bonds. The van der Waals surface area contributed by atoms with E-state index in [0.29, 0.717) is 0 Å². The second kappa shape index (κ2) is 4.33. The molecule has 0 fully saturated rings. The largest absolute Gasteiger partial charge is 0.331 e.